The number of carbonyl (C=O) groups is 1. The summed E-state index contributed by atoms with van der Waals surface area (Å²) in [5.41, 5.74) is 0.210. The van der Waals surface area contributed by atoms with Gasteiger partial charge in [0.1, 0.15) is 5.82 Å². The lowest BCUT2D eigenvalue weighted by molar-refractivity contribution is 0.0593. The quantitative estimate of drug-likeness (QED) is 0.777. The third kappa shape index (κ3) is 3.13. The molecule has 1 aromatic rings. The maximum atomic E-state index is 11.1. The van der Waals surface area contributed by atoms with Crippen LogP contribution >= 0.6 is 0 Å². The first kappa shape index (κ1) is 11.8. The van der Waals surface area contributed by atoms with Crippen molar-refractivity contribution in [3.63, 3.8) is 0 Å². The summed E-state index contributed by atoms with van der Waals surface area (Å²) < 4.78 is 9.81. The fourth-order valence-corrected chi connectivity index (χ4v) is 1.62. The summed E-state index contributed by atoms with van der Waals surface area (Å²) in [7, 11) is 1.32. The Hall–Kier alpha value is -1.69. The van der Waals surface area contributed by atoms with Crippen LogP contribution in [0.15, 0.2) is 12.4 Å². The topological polar surface area (TPSA) is 73.3 Å². The molecule has 17 heavy (non-hydrogen) atoms. The van der Waals surface area contributed by atoms with Gasteiger partial charge in [-0.25, -0.2) is 14.8 Å². The normalized spacial score (nSPS) is 19.0. The number of esters is 1. The standard InChI is InChI=1S/C11H15N3O3/c1-16-11(15)9-5-14-10(6-12-9)13-4-8-2-3-17-7-8/h5-6,8H,2-4,7H2,1H3,(H,13,14). The molecular formula is C11H15N3O3. The van der Waals surface area contributed by atoms with Crippen molar-refractivity contribution in [1.82, 2.24) is 9.97 Å². The highest BCUT2D eigenvalue weighted by atomic mass is 16.5. The Morgan fingerprint density at radius 2 is 2.47 bits per heavy atom. The van der Waals surface area contributed by atoms with Crippen molar-refractivity contribution in [2.45, 2.75) is 6.42 Å². The summed E-state index contributed by atoms with van der Waals surface area (Å²) in [6.07, 6.45) is 4.00. The third-order valence-electron chi connectivity index (χ3n) is 2.64. The summed E-state index contributed by atoms with van der Waals surface area (Å²) in [6.45, 7) is 2.44. The van der Waals surface area contributed by atoms with E-state index in [1.54, 1.807) is 0 Å². The number of carbonyl (C=O) groups excluding carboxylic acids is 1. The van der Waals surface area contributed by atoms with E-state index in [4.69, 9.17) is 4.74 Å². The molecule has 1 aliphatic heterocycles. The molecule has 1 N–H and O–H groups in total. The SMILES string of the molecule is COC(=O)c1cnc(NCC2CCOC2)cn1. The van der Waals surface area contributed by atoms with Gasteiger partial charge in [0.2, 0.25) is 0 Å². The fraction of sp³-hybridized carbons (Fsp3) is 0.545. The Kier molecular flexibility index (Phi) is 3.87. The van der Waals surface area contributed by atoms with E-state index in [9.17, 15) is 4.79 Å². The van der Waals surface area contributed by atoms with E-state index in [1.165, 1.54) is 19.5 Å². The van der Waals surface area contributed by atoms with Crippen molar-refractivity contribution < 1.29 is 14.3 Å². The molecule has 1 fully saturated rings. The molecule has 2 rings (SSSR count). The van der Waals surface area contributed by atoms with Crippen LogP contribution in [0.5, 0.6) is 0 Å². The molecule has 6 heteroatoms. The van der Waals surface area contributed by atoms with E-state index >= 15 is 0 Å². The van der Waals surface area contributed by atoms with Gasteiger partial charge in [-0.1, -0.05) is 0 Å². The Balaban J connectivity index is 1.87. The first-order valence-corrected chi connectivity index (χ1v) is 5.51. The van der Waals surface area contributed by atoms with Crippen LogP contribution in [0.2, 0.25) is 0 Å². The van der Waals surface area contributed by atoms with Gasteiger partial charge in [0.05, 0.1) is 26.1 Å². The summed E-state index contributed by atoms with van der Waals surface area (Å²) in [5, 5.41) is 3.17. The number of anilines is 1. The zero-order valence-corrected chi connectivity index (χ0v) is 9.68. The summed E-state index contributed by atoms with van der Waals surface area (Å²) in [4.78, 5) is 19.2. The number of hydrogen-bond acceptors (Lipinski definition) is 6. The zero-order chi connectivity index (χ0) is 12.1. The molecule has 1 unspecified atom stereocenters. The molecular weight excluding hydrogens is 222 g/mol. The molecule has 0 aliphatic carbocycles. The molecule has 1 saturated heterocycles. The average Bonchev–Trinajstić information content (AvgIpc) is 2.89. The predicted molar refractivity (Wildman–Crippen MR) is 60.8 cm³/mol. The molecule has 1 atom stereocenters. The lowest BCUT2D eigenvalue weighted by Gasteiger charge is -2.09. The molecule has 1 aromatic heterocycles. The van der Waals surface area contributed by atoms with Gasteiger partial charge in [-0.15, -0.1) is 0 Å². The van der Waals surface area contributed by atoms with Crippen molar-refractivity contribution in [3.05, 3.63) is 18.1 Å². The molecule has 0 amide bonds. The van der Waals surface area contributed by atoms with Crippen molar-refractivity contribution in [2.75, 3.05) is 32.2 Å². The largest absolute Gasteiger partial charge is 0.464 e. The van der Waals surface area contributed by atoms with Crippen molar-refractivity contribution >= 4 is 11.8 Å². The number of hydrogen-bond donors (Lipinski definition) is 1. The maximum Gasteiger partial charge on any atom is 0.358 e. The van der Waals surface area contributed by atoms with Gasteiger partial charge >= 0.3 is 5.97 Å². The monoisotopic (exact) mass is 237 g/mol. The number of aromatic nitrogens is 2. The second kappa shape index (κ2) is 5.58. The van der Waals surface area contributed by atoms with Crippen LogP contribution in [0.3, 0.4) is 0 Å². The van der Waals surface area contributed by atoms with Gasteiger partial charge < -0.3 is 14.8 Å². The van der Waals surface area contributed by atoms with Crippen LogP contribution in [-0.2, 0) is 9.47 Å². The van der Waals surface area contributed by atoms with E-state index in [1.807, 2.05) is 0 Å². The molecule has 0 spiro atoms. The van der Waals surface area contributed by atoms with E-state index in [-0.39, 0.29) is 5.69 Å². The fourth-order valence-electron chi connectivity index (χ4n) is 1.62. The highest BCUT2D eigenvalue weighted by Crippen LogP contribution is 2.12. The predicted octanol–water partition coefficient (Wildman–Crippen LogP) is 0.712. The minimum Gasteiger partial charge on any atom is -0.464 e. The second-order valence-electron chi connectivity index (χ2n) is 3.89. The molecule has 1 aliphatic rings. The maximum absolute atomic E-state index is 11.1. The molecule has 0 radical (unpaired) electrons. The molecule has 0 saturated carbocycles. The van der Waals surface area contributed by atoms with E-state index in [2.05, 4.69) is 20.0 Å². The highest BCUT2D eigenvalue weighted by Gasteiger charge is 2.15. The molecule has 0 bridgehead atoms. The Morgan fingerprint density at radius 3 is 3.06 bits per heavy atom. The van der Waals surface area contributed by atoms with Gasteiger partial charge in [-0.2, -0.15) is 0 Å². The lowest BCUT2D eigenvalue weighted by Crippen LogP contribution is -2.15. The van der Waals surface area contributed by atoms with E-state index in [0.717, 1.165) is 26.2 Å². The van der Waals surface area contributed by atoms with E-state index in [0.29, 0.717) is 11.7 Å². The summed E-state index contributed by atoms with van der Waals surface area (Å²) in [5.74, 6) is 0.704. The van der Waals surface area contributed by atoms with Crippen LogP contribution in [-0.4, -0.2) is 42.8 Å². The van der Waals surface area contributed by atoms with Gasteiger partial charge in [0, 0.05) is 19.1 Å². The Morgan fingerprint density at radius 1 is 1.59 bits per heavy atom. The first-order chi connectivity index (χ1) is 8.29. The molecule has 2 heterocycles. The van der Waals surface area contributed by atoms with Crippen molar-refractivity contribution in [2.24, 2.45) is 5.92 Å². The van der Waals surface area contributed by atoms with Crippen LogP contribution in [0.4, 0.5) is 5.82 Å². The van der Waals surface area contributed by atoms with Gasteiger partial charge in [0.15, 0.2) is 5.69 Å². The zero-order valence-electron chi connectivity index (χ0n) is 9.68. The number of rotatable bonds is 4. The number of ether oxygens (including phenoxy) is 2. The number of methoxy groups -OCH3 is 1. The van der Waals surface area contributed by atoms with Gasteiger partial charge in [0.25, 0.3) is 0 Å². The summed E-state index contributed by atoms with van der Waals surface area (Å²) >= 11 is 0. The lowest BCUT2D eigenvalue weighted by atomic mass is 10.1. The first-order valence-electron chi connectivity index (χ1n) is 5.51. The smallest absolute Gasteiger partial charge is 0.358 e. The van der Waals surface area contributed by atoms with Crippen LogP contribution in [0, 0.1) is 5.92 Å². The van der Waals surface area contributed by atoms with Gasteiger partial charge in [-0.05, 0) is 6.42 Å². The minimum atomic E-state index is -0.478. The Labute approximate surface area is 99.4 Å². The van der Waals surface area contributed by atoms with Crippen molar-refractivity contribution in [3.8, 4) is 0 Å². The van der Waals surface area contributed by atoms with Gasteiger partial charge in [-0.3, -0.25) is 0 Å². The van der Waals surface area contributed by atoms with E-state index < -0.39 is 5.97 Å². The Bertz CT molecular complexity index is 374. The molecule has 6 nitrogen and oxygen atoms in total. The molecule has 92 valence electrons. The second-order valence-corrected chi connectivity index (χ2v) is 3.89. The minimum absolute atomic E-state index is 0.210. The molecule has 0 aromatic carbocycles. The number of nitrogens with one attached hydrogen (secondary N) is 1. The third-order valence-corrected chi connectivity index (χ3v) is 2.64. The van der Waals surface area contributed by atoms with Crippen LogP contribution < -0.4 is 5.32 Å². The average molecular weight is 237 g/mol. The van der Waals surface area contributed by atoms with Crippen LogP contribution in [0.1, 0.15) is 16.9 Å². The summed E-state index contributed by atoms with van der Waals surface area (Å²) in [6, 6.07) is 0. The highest BCUT2D eigenvalue weighted by molar-refractivity contribution is 5.86. The number of nitrogens with zero attached hydrogens (tertiary/aromatic N) is 2. The van der Waals surface area contributed by atoms with Crippen molar-refractivity contribution in [1.29, 1.82) is 0 Å². The van der Waals surface area contributed by atoms with Crippen LogP contribution in [0.25, 0.3) is 0 Å².